The predicted octanol–water partition coefficient (Wildman–Crippen LogP) is 1.68. The van der Waals surface area contributed by atoms with E-state index in [1.807, 2.05) is 0 Å². The molecular formula is C13H14FN3O2S. The molecule has 0 saturated heterocycles. The summed E-state index contributed by atoms with van der Waals surface area (Å²) in [4.78, 5) is 15.6. The van der Waals surface area contributed by atoms with Gasteiger partial charge >= 0.3 is 0 Å². The Hall–Kier alpha value is -2.28. The zero-order valence-electron chi connectivity index (χ0n) is 10.8. The maximum absolute atomic E-state index is 12.7. The summed E-state index contributed by atoms with van der Waals surface area (Å²) in [5.41, 5.74) is 6.39. The van der Waals surface area contributed by atoms with Crippen molar-refractivity contribution in [1.82, 2.24) is 4.72 Å². The van der Waals surface area contributed by atoms with Crippen LogP contribution >= 0.6 is 0 Å². The van der Waals surface area contributed by atoms with E-state index in [0.717, 1.165) is 5.41 Å². The molecule has 0 bridgehead atoms. The first-order chi connectivity index (χ1) is 9.42. The van der Waals surface area contributed by atoms with Crippen LogP contribution in [0.25, 0.3) is 0 Å². The molecule has 5 nitrogen and oxygen atoms in total. The van der Waals surface area contributed by atoms with Crippen LogP contribution in [0.1, 0.15) is 6.92 Å². The lowest BCUT2D eigenvalue weighted by Gasteiger charge is -2.02. The normalized spacial score (nSPS) is 13.7. The SMILES string of the molecule is C=CS(=O)NC(=O)/C(N)=C/C(C)=Nc1ccc(F)cc1. The van der Waals surface area contributed by atoms with E-state index in [9.17, 15) is 13.4 Å². The molecule has 1 unspecified atom stereocenters. The summed E-state index contributed by atoms with van der Waals surface area (Å²) in [5, 5.41) is 1.07. The van der Waals surface area contributed by atoms with Gasteiger partial charge in [-0.25, -0.2) is 8.60 Å². The van der Waals surface area contributed by atoms with Crippen molar-refractivity contribution in [2.45, 2.75) is 6.92 Å². The summed E-state index contributed by atoms with van der Waals surface area (Å²) in [6, 6.07) is 5.55. The van der Waals surface area contributed by atoms with Gasteiger partial charge in [-0.1, -0.05) is 6.58 Å². The maximum atomic E-state index is 12.7. The van der Waals surface area contributed by atoms with Crippen molar-refractivity contribution >= 4 is 28.3 Å². The van der Waals surface area contributed by atoms with E-state index in [-0.39, 0.29) is 11.5 Å². The fraction of sp³-hybridized carbons (Fsp3) is 0.0769. The number of hydrogen-bond acceptors (Lipinski definition) is 4. The molecule has 0 aliphatic heterocycles. The number of nitrogens with two attached hydrogens (primary N) is 1. The molecule has 7 heteroatoms. The summed E-state index contributed by atoms with van der Waals surface area (Å²) in [6.07, 6.45) is 1.33. The molecular weight excluding hydrogens is 281 g/mol. The minimum absolute atomic E-state index is 0.136. The van der Waals surface area contributed by atoms with Crippen molar-refractivity contribution in [1.29, 1.82) is 0 Å². The number of amides is 1. The van der Waals surface area contributed by atoms with Gasteiger partial charge in [0.25, 0.3) is 5.91 Å². The molecule has 1 aromatic carbocycles. The Balaban J connectivity index is 2.81. The van der Waals surface area contributed by atoms with Gasteiger partial charge in [0.05, 0.1) is 5.69 Å². The topological polar surface area (TPSA) is 84.5 Å². The molecule has 1 aromatic rings. The first-order valence-corrected chi connectivity index (χ1v) is 6.76. The van der Waals surface area contributed by atoms with E-state index in [1.54, 1.807) is 6.92 Å². The molecule has 106 valence electrons. The summed E-state index contributed by atoms with van der Waals surface area (Å²) in [5.74, 6) is -1.04. The Morgan fingerprint density at radius 3 is 2.60 bits per heavy atom. The van der Waals surface area contributed by atoms with Gasteiger partial charge in [0.2, 0.25) is 0 Å². The van der Waals surface area contributed by atoms with Crippen LogP contribution < -0.4 is 10.5 Å². The molecule has 0 aromatic heterocycles. The molecule has 1 amide bonds. The van der Waals surface area contributed by atoms with E-state index >= 15 is 0 Å². The quantitative estimate of drug-likeness (QED) is 0.640. The number of nitrogens with zero attached hydrogens (tertiary/aromatic N) is 1. The Bertz CT molecular complexity index is 594. The van der Waals surface area contributed by atoms with Gasteiger partial charge < -0.3 is 5.73 Å². The van der Waals surface area contributed by atoms with Crippen molar-refractivity contribution < 1.29 is 13.4 Å². The van der Waals surface area contributed by atoms with Crippen molar-refractivity contribution in [3.8, 4) is 0 Å². The number of halogens is 1. The van der Waals surface area contributed by atoms with Gasteiger partial charge in [-0.15, -0.1) is 0 Å². The largest absolute Gasteiger partial charge is 0.394 e. The van der Waals surface area contributed by atoms with E-state index in [2.05, 4.69) is 16.3 Å². The first-order valence-electron chi connectivity index (χ1n) is 5.54. The van der Waals surface area contributed by atoms with Gasteiger partial charge in [0, 0.05) is 11.1 Å². The third-order valence-corrected chi connectivity index (χ3v) is 2.79. The minimum Gasteiger partial charge on any atom is -0.394 e. The zero-order chi connectivity index (χ0) is 15.1. The van der Waals surface area contributed by atoms with Crippen LogP contribution in [-0.4, -0.2) is 15.8 Å². The molecule has 0 saturated carbocycles. The molecule has 0 radical (unpaired) electrons. The van der Waals surface area contributed by atoms with Crippen molar-refractivity contribution in [3.05, 3.63) is 53.8 Å². The number of nitrogens with one attached hydrogen (secondary N) is 1. The number of benzene rings is 1. The highest BCUT2D eigenvalue weighted by atomic mass is 32.2. The smallest absolute Gasteiger partial charge is 0.279 e. The van der Waals surface area contributed by atoms with Crippen LogP contribution in [0.4, 0.5) is 10.1 Å². The number of hydrogen-bond donors (Lipinski definition) is 2. The molecule has 1 rings (SSSR count). The fourth-order valence-electron chi connectivity index (χ4n) is 1.23. The second kappa shape index (κ2) is 7.34. The molecule has 0 aliphatic carbocycles. The average molecular weight is 295 g/mol. The molecule has 20 heavy (non-hydrogen) atoms. The summed E-state index contributed by atoms with van der Waals surface area (Å²) < 4.78 is 25.9. The molecule has 0 spiro atoms. The third kappa shape index (κ3) is 5.15. The van der Waals surface area contributed by atoms with Crippen LogP contribution in [0.3, 0.4) is 0 Å². The Morgan fingerprint density at radius 1 is 1.45 bits per heavy atom. The summed E-state index contributed by atoms with van der Waals surface area (Å²) in [7, 11) is -1.67. The van der Waals surface area contributed by atoms with Crippen LogP contribution in [0.2, 0.25) is 0 Å². The molecule has 0 aliphatic rings. The number of allylic oxidation sites excluding steroid dienone is 1. The molecule has 0 fully saturated rings. The zero-order valence-corrected chi connectivity index (χ0v) is 11.6. The maximum Gasteiger partial charge on any atom is 0.279 e. The monoisotopic (exact) mass is 295 g/mol. The standard InChI is InChI=1S/C13H14FN3O2S/c1-3-20(19)17-13(18)12(15)8-9(2)16-11-6-4-10(14)5-7-11/h3-8H,1,15H2,2H3,(H,17,18)/b12-8-,16-9?. The van der Waals surface area contributed by atoms with E-state index < -0.39 is 16.9 Å². The van der Waals surface area contributed by atoms with E-state index in [4.69, 9.17) is 5.73 Å². The lowest BCUT2D eigenvalue weighted by atomic mass is 10.3. The second-order valence-electron chi connectivity index (χ2n) is 3.72. The summed E-state index contributed by atoms with van der Waals surface area (Å²) >= 11 is 0. The number of carbonyl (C=O) groups excluding carboxylic acids is 1. The second-order valence-corrected chi connectivity index (χ2v) is 4.86. The highest BCUT2D eigenvalue weighted by Gasteiger charge is 2.07. The van der Waals surface area contributed by atoms with Gasteiger partial charge in [0.1, 0.15) is 22.5 Å². The Morgan fingerprint density at radius 2 is 2.05 bits per heavy atom. The molecule has 3 N–H and O–H groups in total. The lowest BCUT2D eigenvalue weighted by Crippen LogP contribution is -2.29. The van der Waals surface area contributed by atoms with Crippen molar-refractivity contribution in [2.75, 3.05) is 0 Å². The minimum atomic E-state index is -1.67. The van der Waals surface area contributed by atoms with Crippen molar-refractivity contribution in [3.63, 3.8) is 0 Å². The van der Waals surface area contributed by atoms with Gasteiger partial charge in [-0.3, -0.25) is 14.5 Å². The van der Waals surface area contributed by atoms with Crippen LogP contribution in [0, 0.1) is 5.82 Å². The number of aliphatic imine (C=N–C) groups is 1. The van der Waals surface area contributed by atoms with E-state index in [1.165, 1.54) is 30.3 Å². The van der Waals surface area contributed by atoms with Gasteiger partial charge in [-0.2, -0.15) is 0 Å². The molecule has 1 atom stereocenters. The van der Waals surface area contributed by atoms with Crippen LogP contribution in [0.15, 0.2) is 53.0 Å². The Labute approximate surface area is 118 Å². The van der Waals surface area contributed by atoms with Crippen molar-refractivity contribution in [2.24, 2.45) is 10.7 Å². The number of carbonyl (C=O) groups is 1. The lowest BCUT2D eigenvalue weighted by molar-refractivity contribution is -0.115. The van der Waals surface area contributed by atoms with Crippen LogP contribution in [-0.2, 0) is 15.8 Å². The van der Waals surface area contributed by atoms with Gasteiger partial charge in [0.15, 0.2) is 0 Å². The highest BCUT2D eigenvalue weighted by molar-refractivity contribution is 7.86. The highest BCUT2D eigenvalue weighted by Crippen LogP contribution is 2.12. The third-order valence-electron chi connectivity index (χ3n) is 2.10. The average Bonchev–Trinajstić information content (AvgIpc) is 2.41. The first kappa shape index (κ1) is 15.8. The van der Waals surface area contributed by atoms with Gasteiger partial charge in [-0.05, 0) is 37.3 Å². The van der Waals surface area contributed by atoms with E-state index in [0.29, 0.717) is 11.4 Å². The fourth-order valence-corrected chi connectivity index (χ4v) is 1.62. The summed E-state index contributed by atoms with van der Waals surface area (Å²) in [6.45, 7) is 4.90. The predicted molar refractivity (Wildman–Crippen MR) is 77.9 cm³/mol. The molecule has 0 heterocycles. The Kier molecular flexibility index (Phi) is 5.79. The van der Waals surface area contributed by atoms with Crippen LogP contribution in [0.5, 0.6) is 0 Å². The number of rotatable bonds is 5.